The summed E-state index contributed by atoms with van der Waals surface area (Å²) in [5, 5.41) is 13.3. The summed E-state index contributed by atoms with van der Waals surface area (Å²) in [5.41, 5.74) is 0. The minimum atomic E-state index is -3.61. The lowest BCUT2D eigenvalue weighted by Crippen LogP contribution is -2.31. The van der Waals surface area contributed by atoms with Crippen LogP contribution in [0.2, 0.25) is 0 Å². The largest absolute Gasteiger partial charge is 0.507 e. The maximum atomic E-state index is 15.8. The highest BCUT2D eigenvalue weighted by Crippen LogP contribution is 2.71. The molecule has 5 aromatic carbocycles. The average molecular weight is 619 g/mol. The van der Waals surface area contributed by atoms with Gasteiger partial charge >= 0.3 is 0 Å². The summed E-state index contributed by atoms with van der Waals surface area (Å²) >= 11 is 4.72. The van der Waals surface area contributed by atoms with Crippen molar-refractivity contribution in [2.24, 2.45) is 0 Å². The van der Waals surface area contributed by atoms with Crippen molar-refractivity contribution >= 4 is 63.2 Å². The second-order valence-electron chi connectivity index (χ2n) is 8.71. The molecule has 0 saturated carbocycles. The molecule has 0 saturated heterocycles. The van der Waals surface area contributed by atoms with Gasteiger partial charge in [0.2, 0.25) is 0 Å². The summed E-state index contributed by atoms with van der Waals surface area (Å²) in [7, 11) is -7.23. The van der Waals surface area contributed by atoms with E-state index in [0.717, 1.165) is 4.47 Å². The molecular formula is C31H25BrO3P2S. The molecule has 0 spiro atoms. The van der Waals surface area contributed by atoms with Crippen LogP contribution in [0.25, 0.3) is 0 Å². The molecule has 0 aliphatic rings. The lowest BCUT2D eigenvalue weighted by Gasteiger charge is -2.35. The number of thioether (sulfide) groups is 1. The first-order valence-electron chi connectivity index (χ1n) is 12.0. The second-order valence-corrected chi connectivity index (χ2v) is 17.6. The smallest absolute Gasteiger partial charge is 0.163 e. The zero-order valence-electron chi connectivity index (χ0n) is 20.3. The standard InChI is InChI=1S/C31H25BrO3P2S/c32-24-21-22-29(33)30(23-24)38-31(36(34,25-13-5-1-6-14-25)26-15-7-2-8-16-26)37(35,27-17-9-3-10-18-27)28-19-11-4-12-20-28/h1-23,31,33H. The number of hydrogen-bond acceptors (Lipinski definition) is 4. The fourth-order valence-electron chi connectivity index (χ4n) is 4.48. The first kappa shape index (κ1) is 26.8. The van der Waals surface area contributed by atoms with E-state index in [4.69, 9.17) is 0 Å². The molecule has 3 nitrogen and oxygen atoms in total. The first-order chi connectivity index (χ1) is 18.4. The Balaban J connectivity index is 1.88. The third kappa shape index (κ3) is 5.09. The number of rotatable bonds is 8. The fraction of sp³-hybridized carbons (Fsp3) is 0.0323. The predicted molar refractivity (Wildman–Crippen MR) is 165 cm³/mol. The lowest BCUT2D eigenvalue weighted by atomic mass is 10.3. The Morgan fingerprint density at radius 1 is 0.553 bits per heavy atom. The maximum absolute atomic E-state index is 15.8. The van der Waals surface area contributed by atoms with E-state index in [1.165, 1.54) is 11.8 Å². The minimum absolute atomic E-state index is 0.0450. The number of halogens is 1. The van der Waals surface area contributed by atoms with Crippen LogP contribution in [0.15, 0.2) is 149 Å². The van der Waals surface area contributed by atoms with Gasteiger partial charge in [-0.15, -0.1) is 11.8 Å². The summed E-state index contributed by atoms with van der Waals surface area (Å²) in [6, 6.07) is 42.3. The Labute approximate surface area is 235 Å². The summed E-state index contributed by atoms with van der Waals surface area (Å²) < 4.78 is 31.5. The van der Waals surface area contributed by atoms with Crippen molar-refractivity contribution in [2.45, 2.75) is 9.63 Å². The van der Waals surface area contributed by atoms with Crippen LogP contribution in [0.3, 0.4) is 0 Å². The zero-order chi connectivity index (χ0) is 26.6. The molecule has 0 fully saturated rings. The Hall–Kier alpha value is -2.81. The second kappa shape index (κ2) is 11.5. The Bertz CT molecular complexity index is 1430. The monoisotopic (exact) mass is 618 g/mol. The van der Waals surface area contributed by atoms with Gasteiger partial charge < -0.3 is 14.2 Å². The third-order valence-electron chi connectivity index (χ3n) is 6.34. The summed E-state index contributed by atoms with van der Waals surface area (Å²) in [6.07, 6.45) is 0. The van der Waals surface area contributed by atoms with Crippen LogP contribution in [0.4, 0.5) is 0 Å². The molecule has 0 aliphatic carbocycles. The molecule has 5 aromatic rings. The van der Waals surface area contributed by atoms with E-state index in [9.17, 15) is 5.11 Å². The van der Waals surface area contributed by atoms with Gasteiger partial charge in [-0.1, -0.05) is 137 Å². The van der Waals surface area contributed by atoms with Gasteiger partial charge in [0.15, 0.2) is 14.3 Å². The molecule has 7 heteroatoms. The van der Waals surface area contributed by atoms with Crippen molar-refractivity contribution in [1.29, 1.82) is 0 Å². The van der Waals surface area contributed by atoms with Gasteiger partial charge in [0.25, 0.3) is 0 Å². The Morgan fingerprint density at radius 2 is 0.895 bits per heavy atom. The topological polar surface area (TPSA) is 54.4 Å². The van der Waals surface area contributed by atoms with Crippen molar-refractivity contribution in [3.05, 3.63) is 144 Å². The minimum Gasteiger partial charge on any atom is -0.507 e. The van der Waals surface area contributed by atoms with E-state index in [0.29, 0.717) is 26.1 Å². The van der Waals surface area contributed by atoms with Crippen molar-refractivity contribution in [2.75, 3.05) is 0 Å². The van der Waals surface area contributed by atoms with Crippen LogP contribution in [0.1, 0.15) is 0 Å². The SMILES string of the molecule is O=P(c1ccccc1)(c1ccccc1)C(Sc1cc(Br)ccc1O)P(=O)(c1ccccc1)c1ccccc1. The molecule has 0 bridgehead atoms. The highest BCUT2D eigenvalue weighted by molar-refractivity contribution is 9.10. The molecule has 0 unspecified atom stereocenters. The third-order valence-corrected chi connectivity index (χ3v) is 17.5. The summed E-state index contributed by atoms with van der Waals surface area (Å²) in [4.78, 5) is 0.503. The van der Waals surface area contributed by atoms with E-state index in [1.807, 2.05) is 121 Å². The van der Waals surface area contributed by atoms with Crippen molar-refractivity contribution in [1.82, 2.24) is 0 Å². The fourth-order valence-corrected chi connectivity index (χ4v) is 16.4. The van der Waals surface area contributed by atoms with Crippen molar-refractivity contribution in [3.8, 4) is 5.75 Å². The van der Waals surface area contributed by atoms with Crippen LogP contribution in [0, 0.1) is 0 Å². The van der Waals surface area contributed by atoms with Gasteiger partial charge in [0, 0.05) is 25.7 Å². The van der Waals surface area contributed by atoms with Crippen molar-refractivity contribution in [3.63, 3.8) is 0 Å². The highest BCUT2D eigenvalue weighted by Gasteiger charge is 2.50. The molecular weight excluding hydrogens is 594 g/mol. The Morgan fingerprint density at radius 3 is 1.24 bits per heavy atom. The number of phenols is 1. The Kier molecular flexibility index (Phi) is 8.12. The summed E-state index contributed by atoms with van der Waals surface area (Å²) in [5.74, 6) is 0.0450. The molecule has 5 rings (SSSR count). The lowest BCUT2D eigenvalue weighted by molar-refractivity contribution is 0.462. The van der Waals surface area contributed by atoms with Gasteiger partial charge in [0.05, 0.1) is 4.90 Å². The molecule has 190 valence electrons. The number of hydrogen-bond donors (Lipinski definition) is 1. The van der Waals surface area contributed by atoms with Crippen LogP contribution in [-0.4, -0.2) is 9.84 Å². The van der Waals surface area contributed by atoms with Crippen molar-refractivity contribution < 1.29 is 14.2 Å². The quantitative estimate of drug-likeness (QED) is 0.144. The maximum Gasteiger partial charge on any atom is 0.163 e. The van der Waals surface area contributed by atoms with Gasteiger partial charge in [-0.25, -0.2) is 0 Å². The molecule has 0 radical (unpaired) electrons. The van der Waals surface area contributed by atoms with Crippen LogP contribution in [-0.2, 0) is 9.13 Å². The van der Waals surface area contributed by atoms with E-state index in [-0.39, 0.29) is 5.75 Å². The summed E-state index contributed by atoms with van der Waals surface area (Å²) in [6.45, 7) is 0. The van der Waals surface area contributed by atoms with E-state index < -0.39 is 19.0 Å². The van der Waals surface area contributed by atoms with Crippen LogP contribution < -0.4 is 21.2 Å². The highest BCUT2D eigenvalue weighted by atomic mass is 79.9. The molecule has 0 heterocycles. The number of aromatic hydroxyl groups is 1. The number of phenolic OH excluding ortho intramolecular Hbond substituents is 1. The molecule has 0 amide bonds. The van der Waals surface area contributed by atoms with E-state index in [2.05, 4.69) is 15.9 Å². The molecule has 0 aliphatic heterocycles. The normalized spacial score (nSPS) is 11.9. The average Bonchev–Trinajstić information content (AvgIpc) is 2.98. The van der Waals surface area contributed by atoms with Gasteiger partial charge in [0.1, 0.15) is 10.5 Å². The molecule has 0 atom stereocenters. The van der Waals surface area contributed by atoms with Gasteiger partial charge in [-0.05, 0) is 18.2 Å². The van der Waals surface area contributed by atoms with Gasteiger partial charge in [-0.3, -0.25) is 0 Å². The number of benzene rings is 5. The first-order valence-corrected chi connectivity index (χ1v) is 17.2. The molecule has 38 heavy (non-hydrogen) atoms. The van der Waals surface area contributed by atoms with E-state index in [1.54, 1.807) is 18.2 Å². The van der Waals surface area contributed by atoms with Crippen LogP contribution >= 0.6 is 42.0 Å². The van der Waals surface area contributed by atoms with E-state index >= 15 is 9.13 Å². The predicted octanol–water partition coefficient (Wildman–Crippen LogP) is 7.56. The zero-order valence-corrected chi connectivity index (χ0v) is 24.5. The molecule has 0 aromatic heterocycles. The van der Waals surface area contributed by atoms with Gasteiger partial charge in [-0.2, -0.15) is 0 Å². The van der Waals surface area contributed by atoms with Crippen LogP contribution in [0.5, 0.6) is 5.75 Å². The molecule has 1 N–H and O–H groups in total.